The summed E-state index contributed by atoms with van der Waals surface area (Å²) < 4.78 is 10.6. The summed E-state index contributed by atoms with van der Waals surface area (Å²) in [7, 11) is 1.74. The van der Waals surface area contributed by atoms with E-state index in [1.165, 1.54) is 32.5 Å². The van der Waals surface area contributed by atoms with Gasteiger partial charge in [0.15, 0.2) is 0 Å². The lowest BCUT2D eigenvalue weighted by atomic mass is 9.96. The number of hydrogen-bond acceptors (Lipinski definition) is 4. The van der Waals surface area contributed by atoms with Gasteiger partial charge in [-0.3, -0.25) is 0 Å². The maximum absolute atomic E-state index is 5.62. The van der Waals surface area contributed by atoms with Crippen LogP contribution < -0.4 is 5.32 Å². The Morgan fingerprint density at radius 3 is 2.55 bits per heavy atom. The fourth-order valence-corrected chi connectivity index (χ4v) is 2.59. The van der Waals surface area contributed by atoms with Crippen molar-refractivity contribution in [3.05, 3.63) is 0 Å². The predicted octanol–water partition coefficient (Wildman–Crippen LogP) is 2.00. The second-order valence-electron chi connectivity index (χ2n) is 6.30. The Balaban J connectivity index is 1.93. The Morgan fingerprint density at radius 1 is 1.15 bits per heavy atom. The third kappa shape index (κ3) is 8.90. The molecule has 0 atom stereocenters. The molecule has 0 bridgehead atoms. The highest BCUT2D eigenvalue weighted by Gasteiger charge is 2.18. The molecule has 0 radical (unpaired) electrons. The minimum absolute atomic E-state index is 0.755. The number of hydrogen-bond donors (Lipinski definition) is 1. The van der Waals surface area contributed by atoms with Crippen molar-refractivity contribution >= 4 is 0 Å². The number of methoxy groups -OCH3 is 1. The third-order valence-electron chi connectivity index (χ3n) is 3.88. The average Bonchev–Trinajstić information content (AvgIpc) is 2.44. The lowest BCUT2D eigenvalue weighted by Gasteiger charge is -2.32. The van der Waals surface area contributed by atoms with Gasteiger partial charge in [-0.1, -0.05) is 13.8 Å². The number of piperidine rings is 1. The van der Waals surface area contributed by atoms with Crippen molar-refractivity contribution in [2.75, 3.05) is 59.7 Å². The molecular formula is C16H34N2O2. The van der Waals surface area contributed by atoms with Crippen LogP contribution in [-0.4, -0.2) is 64.6 Å². The van der Waals surface area contributed by atoms with E-state index in [-0.39, 0.29) is 0 Å². The molecule has 4 nitrogen and oxygen atoms in total. The highest BCUT2D eigenvalue weighted by molar-refractivity contribution is 4.74. The number of nitrogens with one attached hydrogen (secondary N) is 1. The van der Waals surface area contributed by atoms with Gasteiger partial charge in [-0.2, -0.15) is 0 Å². The summed E-state index contributed by atoms with van der Waals surface area (Å²) in [6.45, 7) is 12.9. The predicted molar refractivity (Wildman–Crippen MR) is 84.2 cm³/mol. The Bertz CT molecular complexity index is 217. The molecule has 120 valence electrons. The molecule has 1 aliphatic rings. The molecule has 1 aliphatic heterocycles. The second kappa shape index (κ2) is 11.5. The van der Waals surface area contributed by atoms with Crippen LogP contribution >= 0.6 is 0 Å². The third-order valence-corrected chi connectivity index (χ3v) is 3.88. The normalized spacial score (nSPS) is 18.0. The molecule has 0 unspecified atom stereocenters. The number of nitrogens with zero attached hydrogens (tertiary/aromatic N) is 1. The molecule has 0 aliphatic carbocycles. The SMILES string of the molecule is COCCCOCCN1CCC(CNCC(C)C)CC1. The minimum atomic E-state index is 0.755. The first-order chi connectivity index (χ1) is 9.72. The van der Waals surface area contributed by atoms with Gasteiger partial charge in [0, 0.05) is 26.9 Å². The summed E-state index contributed by atoms with van der Waals surface area (Å²) in [5, 5.41) is 3.59. The Labute approximate surface area is 125 Å². The zero-order chi connectivity index (χ0) is 14.6. The fraction of sp³-hybridized carbons (Fsp3) is 1.00. The van der Waals surface area contributed by atoms with Crippen molar-refractivity contribution in [2.45, 2.75) is 33.1 Å². The van der Waals surface area contributed by atoms with E-state index in [2.05, 4.69) is 24.1 Å². The van der Waals surface area contributed by atoms with Gasteiger partial charge in [0.1, 0.15) is 0 Å². The van der Waals surface area contributed by atoms with Crippen molar-refractivity contribution in [1.82, 2.24) is 10.2 Å². The average molecular weight is 286 g/mol. The van der Waals surface area contributed by atoms with Crippen LogP contribution in [-0.2, 0) is 9.47 Å². The van der Waals surface area contributed by atoms with Gasteiger partial charge < -0.3 is 19.7 Å². The van der Waals surface area contributed by atoms with E-state index in [1.54, 1.807) is 7.11 Å². The highest BCUT2D eigenvalue weighted by atomic mass is 16.5. The highest BCUT2D eigenvalue weighted by Crippen LogP contribution is 2.16. The van der Waals surface area contributed by atoms with Crippen molar-refractivity contribution in [1.29, 1.82) is 0 Å². The first kappa shape index (κ1) is 17.9. The Hall–Kier alpha value is -0.160. The number of ether oxygens (including phenoxy) is 2. The molecule has 0 aromatic rings. The van der Waals surface area contributed by atoms with Crippen molar-refractivity contribution in [2.24, 2.45) is 11.8 Å². The van der Waals surface area contributed by atoms with Crippen LogP contribution in [0, 0.1) is 11.8 Å². The standard InChI is InChI=1S/C16H34N2O2/c1-15(2)13-17-14-16-5-7-18(8-6-16)9-12-20-11-4-10-19-3/h15-17H,4-14H2,1-3H3. The zero-order valence-corrected chi connectivity index (χ0v) is 13.7. The first-order valence-corrected chi connectivity index (χ1v) is 8.22. The van der Waals surface area contributed by atoms with Crippen LogP contribution in [0.1, 0.15) is 33.1 Å². The summed E-state index contributed by atoms with van der Waals surface area (Å²) in [5.74, 6) is 1.62. The first-order valence-electron chi connectivity index (χ1n) is 8.22. The van der Waals surface area contributed by atoms with Gasteiger partial charge in [0.2, 0.25) is 0 Å². The maximum Gasteiger partial charge on any atom is 0.0593 e. The van der Waals surface area contributed by atoms with Gasteiger partial charge >= 0.3 is 0 Å². The topological polar surface area (TPSA) is 33.7 Å². The van der Waals surface area contributed by atoms with Crippen molar-refractivity contribution in [3.63, 3.8) is 0 Å². The van der Waals surface area contributed by atoms with E-state index in [1.807, 2.05) is 0 Å². The quantitative estimate of drug-likeness (QED) is 0.589. The van der Waals surface area contributed by atoms with E-state index >= 15 is 0 Å². The molecule has 0 spiro atoms. The van der Waals surface area contributed by atoms with Crippen LogP contribution in [0.25, 0.3) is 0 Å². The Kier molecular flexibility index (Phi) is 10.3. The maximum atomic E-state index is 5.62. The van der Waals surface area contributed by atoms with E-state index in [4.69, 9.17) is 9.47 Å². The van der Waals surface area contributed by atoms with Crippen LogP contribution in [0.15, 0.2) is 0 Å². The van der Waals surface area contributed by atoms with Gasteiger partial charge in [-0.05, 0) is 57.3 Å². The van der Waals surface area contributed by atoms with Crippen LogP contribution in [0.2, 0.25) is 0 Å². The van der Waals surface area contributed by atoms with Gasteiger partial charge in [-0.25, -0.2) is 0 Å². The molecule has 1 fully saturated rings. The van der Waals surface area contributed by atoms with E-state index in [9.17, 15) is 0 Å². The summed E-state index contributed by atoms with van der Waals surface area (Å²) in [6.07, 6.45) is 3.66. The van der Waals surface area contributed by atoms with Crippen LogP contribution in [0.5, 0.6) is 0 Å². The monoisotopic (exact) mass is 286 g/mol. The molecular weight excluding hydrogens is 252 g/mol. The van der Waals surface area contributed by atoms with E-state index < -0.39 is 0 Å². The molecule has 0 aromatic heterocycles. The molecule has 4 heteroatoms. The summed E-state index contributed by atoms with van der Waals surface area (Å²) in [5.41, 5.74) is 0. The zero-order valence-electron chi connectivity index (χ0n) is 13.7. The number of likely N-dealkylation sites (tertiary alicyclic amines) is 1. The fourth-order valence-electron chi connectivity index (χ4n) is 2.59. The second-order valence-corrected chi connectivity index (χ2v) is 6.30. The van der Waals surface area contributed by atoms with E-state index in [0.717, 1.165) is 51.2 Å². The van der Waals surface area contributed by atoms with Gasteiger partial charge in [0.05, 0.1) is 6.61 Å². The van der Waals surface area contributed by atoms with Gasteiger partial charge in [0.25, 0.3) is 0 Å². The molecule has 0 aromatic carbocycles. The van der Waals surface area contributed by atoms with Crippen molar-refractivity contribution < 1.29 is 9.47 Å². The molecule has 1 rings (SSSR count). The molecule has 0 saturated carbocycles. The lowest BCUT2D eigenvalue weighted by Crippen LogP contribution is -2.39. The van der Waals surface area contributed by atoms with Gasteiger partial charge in [-0.15, -0.1) is 0 Å². The van der Waals surface area contributed by atoms with Crippen molar-refractivity contribution in [3.8, 4) is 0 Å². The molecule has 1 N–H and O–H groups in total. The molecule has 1 heterocycles. The summed E-state index contributed by atoms with van der Waals surface area (Å²) in [6, 6.07) is 0. The lowest BCUT2D eigenvalue weighted by molar-refractivity contribution is 0.0737. The van der Waals surface area contributed by atoms with E-state index in [0.29, 0.717) is 0 Å². The number of rotatable bonds is 11. The molecule has 0 amide bonds. The summed E-state index contributed by atoms with van der Waals surface area (Å²) in [4.78, 5) is 2.54. The summed E-state index contributed by atoms with van der Waals surface area (Å²) >= 11 is 0. The smallest absolute Gasteiger partial charge is 0.0593 e. The Morgan fingerprint density at radius 2 is 1.90 bits per heavy atom. The molecule has 1 saturated heterocycles. The van der Waals surface area contributed by atoms with Crippen LogP contribution in [0.3, 0.4) is 0 Å². The molecule has 20 heavy (non-hydrogen) atoms. The van der Waals surface area contributed by atoms with Crippen LogP contribution in [0.4, 0.5) is 0 Å². The largest absolute Gasteiger partial charge is 0.385 e. The minimum Gasteiger partial charge on any atom is -0.385 e.